The fraction of sp³-hybridized carbons (Fsp3) is 0.588. The Morgan fingerprint density at radius 1 is 1.12 bits per heavy atom. The molecule has 0 unspecified atom stereocenters. The molecule has 26 heavy (non-hydrogen) atoms. The van der Waals surface area contributed by atoms with Gasteiger partial charge in [0.05, 0.1) is 19.9 Å². The molecule has 0 saturated carbocycles. The number of nitrogens with zero attached hydrogens (tertiary/aromatic N) is 3. The maximum Gasteiger partial charge on any atom is 0.237 e. The SMILES string of the molecule is COc1ccc(OCCN(CC(=O)N2CCN(C)CC2)S(C)(=O)=O)cc1. The normalized spacial score (nSPS) is 15.9. The van der Waals surface area contributed by atoms with Gasteiger partial charge in [0.2, 0.25) is 15.9 Å². The van der Waals surface area contributed by atoms with Gasteiger partial charge in [-0.1, -0.05) is 0 Å². The van der Waals surface area contributed by atoms with Crippen LogP contribution >= 0.6 is 0 Å². The number of hydrogen-bond acceptors (Lipinski definition) is 6. The average molecular weight is 385 g/mol. The molecular weight excluding hydrogens is 358 g/mol. The summed E-state index contributed by atoms with van der Waals surface area (Å²) in [6, 6.07) is 7.03. The zero-order valence-electron chi connectivity index (χ0n) is 15.6. The molecule has 0 radical (unpaired) electrons. The number of sulfonamides is 1. The molecule has 0 aliphatic carbocycles. The third-order valence-corrected chi connectivity index (χ3v) is 5.56. The monoisotopic (exact) mass is 385 g/mol. The first-order valence-corrected chi connectivity index (χ1v) is 10.3. The van der Waals surface area contributed by atoms with Crippen LogP contribution in [-0.4, -0.2) is 94.7 Å². The summed E-state index contributed by atoms with van der Waals surface area (Å²) in [5, 5.41) is 0. The zero-order valence-corrected chi connectivity index (χ0v) is 16.4. The highest BCUT2D eigenvalue weighted by Crippen LogP contribution is 2.17. The van der Waals surface area contributed by atoms with E-state index >= 15 is 0 Å². The van der Waals surface area contributed by atoms with Crippen molar-refractivity contribution in [1.82, 2.24) is 14.1 Å². The van der Waals surface area contributed by atoms with Crippen LogP contribution in [0.1, 0.15) is 0 Å². The lowest BCUT2D eigenvalue weighted by Gasteiger charge is -2.33. The van der Waals surface area contributed by atoms with Crippen molar-refractivity contribution >= 4 is 15.9 Å². The van der Waals surface area contributed by atoms with E-state index in [1.165, 1.54) is 0 Å². The number of piperazine rings is 1. The molecule has 1 amide bonds. The standard InChI is InChI=1S/C17H27N3O5S/c1-18-8-10-19(11-9-18)17(21)14-20(26(3,22)23)12-13-25-16-6-4-15(24-2)5-7-16/h4-7H,8-14H2,1-3H3. The highest BCUT2D eigenvalue weighted by atomic mass is 32.2. The second kappa shape index (κ2) is 9.20. The third kappa shape index (κ3) is 6.15. The summed E-state index contributed by atoms with van der Waals surface area (Å²) in [6.07, 6.45) is 1.11. The Hall–Kier alpha value is -1.84. The predicted molar refractivity (Wildman–Crippen MR) is 99.0 cm³/mol. The van der Waals surface area contributed by atoms with Gasteiger partial charge in [0, 0.05) is 32.7 Å². The predicted octanol–water partition coefficient (Wildman–Crippen LogP) is 0.110. The Balaban J connectivity index is 1.87. The number of carbonyl (C=O) groups is 1. The Kier molecular flexibility index (Phi) is 7.24. The van der Waals surface area contributed by atoms with Crippen molar-refractivity contribution in [1.29, 1.82) is 0 Å². The average Bonchev–Trinajstić information content (AvgIpc) is 2.61. The molecule has 0 atom stereocenters. The number of methoxy groups -OCH3 is 1. The summed E-state index contributed by atoms with van der Waals surface area (Å²) in [7, 11) is 0.0826. The molecule has 0 spiro atoms. The van der Waals surface area contributed by atoms with E-state index in [-0.39, 0.29) is 25.6 Å². The molecule has 0 aromatic heterocycles. The number of amides is 1. The minimum Gasteiger partial charge on any atom is -0.497 e. The quantitative estimate of drug-likeness (QED) is 0.632. The maximum absolute atomic E-state index is 12.4. The summed E-state index contributed by atoms with van der Waals surface area (Å²) in [6.45, 7) is 2.95. The molecule has 0 bridgehead atoms. The molecule has 2 rings (SSSR count). The van der Waals surface area contributed by atoms with Crippen molar-refractivity contribution in [3.8, 4) is 11.5 Å². The van der Waals surface area contributed by atoms with E-state index < -0.39 is 10.0 Å². The Labute approximate surface area is 155 Å². The van der Waals surface area contributed by atoms with E-state index in [0.717, 1.165) is 23.7 Å². The van der Waals surface area contributed by atoms with Crippen molar-refractivity contribution in [3.05, 3.63) is 24.3 Å². The highest BCUT2D eigenvalue weighted by molar-refractivity contribution is 7.88. The number of rotatable bonds is 8. The van der Waals surface area contributed by atoms with Gasteiger partial charge in [-0.25, -0.2) is 8.42 Å². The fourth-order valence-corrected chi connectivity index (χ4v) is 3.36. The van der Waals surface area contributed by atoms with Crippen LogP contribution in [0.4, 0.5) is 0 Å². The van der Waals surface area contributed by atoms with Gasteiger partial charge in [0.25, 0.3) is 0 Å². The van der Waals surface area contributed by atoms with Gasteiger partial charge in [-0.05, 0) is 31.3 Å². The van der Waals surface area contributed by atoms with Crippen LogP contribution in [0.25, 0.3) is 0 Å². The topological polar surface area (TPSA) is 79.4 Å². The first-order valence-electron chi connectivity index (χ1n) is 8.48. The number of hydrogen-bond donors (Lipinski definition) is 0. The molecule has 1 saturated heterocycles. The molecular formula is C17H27N3O5S. The Morgan fingerprint density at radius 2 is 1.69 bits per heavy atom. The maximum atomic E-state index is 12.4. The van der Waals surface area contributed by atoms with Crippen LogP contribution < -0.4 is 9.47 Å². The molecule has 1 aromatic rings. The molecule has 1 aliphatic heterocycles. The number of carbonyl (C=O) groups excluding carboxylic acids is 1. The summed E-state index contributed by atoms with van der Waals surface area (Å²) in [5.74, 6) is 1.16. The lowest BCUT2D eigenvalue weighted by Crippen LogP contribution is -2.51. The van der Waals surface area contributed by atoms with E-state index in [9.17, 15) is 13.2 Å². The largest absolute Gasteiger partial charge is 0.497 e. The van der Waals surface area contributed by atoms with Crippen molar-refractivity contribution in [2.75, 3.05) is 66.3 Å². The number of likely N-dealkylation sites (N-methyl/N-ethyl adjacent to an activating group) is 1. The van der Waals surface area contributed by atoms with Gasteiger partial charge >= 0.3 is 0 Å². The molecule has 0 N–H and O–H groups in total. The van der Waals surface area contributed by atoms with Crippen molar-refractivity contribution in [3.63, 3.8) is 0 Å². The van der Waals surface area contributed by atoms with Gasteiger partial charge < -0.3 is 19.3 Å². The zero-order chi connectivity index (χ0) is 19.2. The van der Waals surface area contributed by atoms with Gasteiger partial charge in [-0.3, -0.25) is 4.79 Å². The van der Waals surface area contributed by atoms with Crippen LogP contribution in [0.3, 0.4) is 0 Å². The second-order valence-corrected chi connectivity index (χ2v) is 8.29. The number of ether oxygens (including phenoxy) is 2. The van der Waals surface area contributed by atoms with Gasteiger partial charge in [0.1, 0.15) is 18.1 Å². The van der Waals surface area contributed by atoms with E-state index in [1.807, 2.05) is 7.05 Å². The van der Waals surface area contributed by atoms with Crippen LogP contribution in [0.15, 0.2) is 24.3 Å². The third-order valence-electron chi connectivity index (χ3n) is 4.31. The number of benzene rings is 1. The molecule has 1 aromatic carbocycles. The molecule has 1 aliphatic rings. The molecule has 1 heterocycles. The first-order chi connectivity index (χ1) is 12.3. The molecule has 1 fully saturated rings. The van der Waals surface area contributed by atoms with E-state index in [0.29, 0.717) is 24.6 Å². The summed E-state index contributed by atoms with van der Waals surface area (Å²) >= 11 is 0. The Bertz CT molecular complexity index is 685. The lowest BCUT2D eigenvalue weighted by molar-refractivity contribution is -0.133. The first kappa shape index (κ1) is 20.5. The Morgan fingerprint density at radius 3 is 2.23 bits per heavy atom. The summed E-state index contributed by atoms with van der Waals surface area (Å²) < 4.78 is 35.8. The van der Waals surface area contributed by atoms with E-state index in [1.54, 1.807) is 36.3 Å². The smallest absolute Gasteiger partial charge is 0.237 e. The summed E-state index contributed by atoms with van der Waals surface area (Å²) in [4.78, 5) is 16.3. The van der Waals surface area contributed by atoms with E-state index in [4.69, 9.17) is 9.47 Å². The minimum atomic E-state index is -3.50. The van der Waals surface area contributed by atoms with Gasteiger partial charge in [-0.15, -0.1) is 0 Å². The molecule has 9 heteroatoms. The molecule has 8 nitrogen and oxygen atoms in total. The lowest BCUT2D eigenvalue weighted by atomic mass is 10.3. The van der Waals surface area contributed by atoms with Crippen LogP contribution in [0, 0.1) is 0 Å². The van der Waals surface area contributed by atoms with Crippen molar-refractivity contribution in [2.24, 2.45) is 0 Å². The van der Waals surface area contributed by atoms with Crippen LogP contribution in [0.5, 0.6) is 11.5 Å². The minimum absolute atomic E-state index is 0.115. The highest BCUT2D eigenvalue weighted by Gasteiger charge is 2.25. The van der Waals surface area contributed by atoms with Crippen molar-refractivity contribution in [2.45, 2.75) is 0 Å². The van der Waals surface area contributed by atoms with Gasteiger partial charge in [-0.2, -0.15) is 4.31 Å². The van der Waals surface area contributed by atoms with E-state index in [2.05, 4.69) is 4.90 Å². The van der Waals surface area contributed by atoms with Crippen molar-refractivity contribution < 1.29 is 22.7 Å². The fourth-order valence-electron chi connectivity index (χ4n) is 2.61. The van der Waals surface area contributed by atoms with Gasteiger partial charge in [0.15, 0.2) is 0 Å². The van der Waals surface area contributed by atoms with Crippen LogP contribution in [0.2, 0.25) is 0 Å². The second-order valence-electron chi connectivity index (χ2n) is 6.30. The van der Waals surface area contributed by atoms with Crippen LogP contribution in [-0.2, 0) is 14.8 Å². The molecule has 146 valence electrons. The summed E-state index contributed by atoms with van der Waals surface area (Å²) in [5.41, 5.74) is 0.